The SMILES string of the molecule is Cc1noc2c1-c1ccccc1C(c1ccc(C#CCN)cc1)=N[C@H]2CC(=O)Oc1nccs1. The van der Waals surface area contributed by atoms with Gasteiger partial charge >= 0.3 is 5.97 Å². The number of benzene rings is 2. The molecule has 4 aromatic rings. The maximum atomic E-state index is 12.8. The number of carbonyl (C=O) groups excluding carboxylic acids is 1. The van der Waals surface area contributed by atoms with Crippen molar-refractivity contribution < 1.29 is 14.1 Å². The van der Waals surface area contributed by atoms with Gasteiger partial charge in [-0.2, -0.15) is 0 Å². The summed E-state index contributed by atoms with van der Waals surface area (Å²) in [6.07, 6.45) is 1.57. The highest BCUT2D eigenvalue weighted by atomic mass is 32.1. The number of fused-ring (bicyclic) bond motifs is 3. The van der Waals surface area contributed by atoms with E-state index in [9.17, 15) is 4.79 Å². The number of thiazole rings is 1. The lowest BCUT2D eigenvalue weighted by Crippen LogP contribution is -2.13. The number of hydrogen-bond acceptors (Lipinski definition) is 8. The van der Waals surface area contributed by atoms with Crippen LogP contribution in [0.4, 0.5) is 0 Å². The van der Waals surface area contributed by atoms with Gasteiger partial charge in [-0.15, -0.1) is 0 Å². The van der Waals surface area contributed by atoms with Crippen molar-refractivity contribution in [3.63, 3.8) is 0 Å². The highest BCUT2D eigenvalue weighted by Gasteiger charge is 2.32. The molecule has 34 heavy (non-hydrogen) atoms. The highest BCUT2D eigenvalue weighted by Crippen LogP contribution is 2.40. The summed E-state index contributed by atoms with van der Waals surface area (Å²) in [5, 5.41) is 6.23. The van der Waals surface area contributed by atoms with Crippen molar-refractivity contribution in [2.24, 2.45) is 10.7 Å². The van der Waals surface area contributed by atoms with E-state index in [4.69, 9.17) is 20.0 Å². The van der Waals surface area contributed by atoms with Crippen molar-refractivity contribution in [1.82, 2.24) is 10.1 Å². The molecule has 5 rings (SSSR count). The summed E-state index contributed by atoms with van der Waals surface area (Å²) in [5.41, 5.74) is 11.5. The van der Waals surface area contributed by atoms with Gasteiger partial charge in [0.15, 0.2) is 5.76 Å². The van der Waals surface area contributed by atoms with E-state index in [2.05, 4.69) is 22.0 Å². The fourth-order valence-electron chi connectivity index (χ4n) is 3.92. The van der Waals surface area contributed by atoms with E-state index in [1.165, 1.54) is 11.3 Å². The Morgan fingerprint density at radius 2 is 1.97 bits per heavy atom. The molecule has 0 amide bonds. The number of esters is 1. The third-order valence-electron chi connectivity index (χ3n) is 5.39. The Morgan fingerprint density at radius 1 is 1.18 bits per heavy atom. The van der Waals surface area contributed by atoms with E-state index >= 15 is 0 Å². The minimum atomic E-state index is -0.609. The normalized spacial score (nSPS) is 14.2. The molecule has 0 fully saturated rings. The molecule has 1 aliphatic rings. The van der Waals surface area contributed by atoms with Crippen LogP contribution in [0.5, 0.6) is 5.19 Å². The van der Waals surface area contributed by atoms with Crippen molar-refractivity contribution in [2.75, 3.05) is 6.54 Å². The molecule has 0 saturated heterocycles. The van der Waals surface area contributed by atoms with Crippen LogP contribution in [-0.2, 0) is 4.79 Å². The second-order valence-corrected chi connectivity index (χ2v) is 8.46. The third kappa shape index (κ3) is 4.27. The van der Waals surface area contributed by atoms with E-state index in [1.54, 1.807) is 11.6 Å². The molecule has 168 valence electrons. The van der Waals surface area contributed by atoms with Crippen molar-refractivity contribution in [3.8, 4) is 28.2 Å². The number of ether oxygens (including phenoxy) is 1. The van der Waals surface area contributed by atoms with E-state index in [0.717, 1.165) is 39.2 Å². The largest absolute Gasteiger partial charge is 0.398 e. The Hall–Kier alpha value is -4.06. The maximum Gasteiger partial charge on any atom is 0.315 e. The maximum absolute atomic E-state index is 12.8. The molecule has 0 radical (unpaired) electrons. The molecule has 1 atom stereocenters. The Labute approximate surface area is 200 Å². The van der Waals surface area contributed by atoms with Crippen molar-refractivity contribution in [2.45, 2.75) is 19.4 Å². The second-order valence-electron chi connectivity index (χ2n) is 7.61. The Kier molecular flexibility index (Phi) is 6.04. The topological polar surface area (TPSA) is 104 Å². The van der Waals surface area contributed by atoms with Crippen LogP contribution >= 0.6 is 11.3 Å². The molecule has 1 aliphatic heterocycles. The van der Waals surface area contributed by atoms with Crippen LogP contribution < -0.4 is 10.5 Å². The summed E-state index contributed by atoms with van der Waals surface area (Å²) in [6.45, 7) is 2.19. The number of aromatic nitrogens is 2. The van der Waals surface area contributed by atoms with Crippen LogP contribution in [0.1, 0.15) is 40.6 Å². The van der Waals surface area contributed by atoms with Gasteiger partial charge in [0.2, 0.25) is 0 Å². The molecule has 2 aromatic heterocycles. The molecule has 2 N–H and O–H groups in total. The molecule has 0 aliphatic carbocycles. The second kappa shape index (κ2) is 9.43. The van der Waals surface area contributed by atoms with E-state index in [1.807, 2.05) is 55.5 Å². The summed E-state index contributed by atoms with van der Waals surface area (Å²) in [7, 11) is 0. The first kappa shape index (κ1) is 21.8. The molecule has 0 unspecified atom stereocenters. The number of nitrogens with zero attached hydrogens (tertiary/aromatic N) is 3. The van der Waals surface area contributed by atoms with Gasteiger partial charge in [0.25, 0.3) is 5.19 Å². The average Bonchev–Trinajstić information content (AvgIpc) is 3.47. The molecule has 0 saturated carbocycles. The number of nitrogens with two attached hydrogens (primary N) is 1. The fraction of sp³-hybridized carbons (Fsp3) is 0.154. The lowest BCUT2D eigenvalue weighted by Gasteiger charge is -2.12. The molecule has 0 spiro atoms. The van der Waals surface area contributed by atoms with Gasteiger partial charge < -0.3 is 15.0 Å². The van der Waals surface area contributed by atoms with Gasteiger partial charge in [0, 0.05) is 28.3 Å². The molecule has 7 nitrogen and oxygen atoms in total. The van der Waals surface area contributed by atoms with Gasteiger partial charge in [-0.3, -0.25) is 9.79 Å². The minimum Gasteiger partial charge on any atom is -0.398 e. The zero-order chi connectivity index (χ0) is 23.5. The number of aryl methyl sites for hydroxylation is 1. The van der Waals surface area contributed by atoms with Crippen LogP contribution in [0.15, 0.2) is 69.6 Å². The fourth-order valence-corrected chi connectivity index (χ4v) is 4.43. The molecule has 8 heteroatoms. The van der Waals surface area contributed by atoms with Crippen molar-refractivity contribution in [1.29, 1.82) is 0 Å². The first-order valence-corrected chi connectivity index (χ1v) is 11.6. The Balaban J connectivity index is 1.59. The van der Waals surface area contributed by atoms with Crippen LogP contribution in [0, 0.1) is 18.8 Å². The van der Waals surface area contributed by atoms with E-state index < -0.39 is 12.0 Å². The van der Waals surface area contributed by atoms with Gasteiger partial charge in [-0.1, -0.05) is 64.7 Å². The summed E-state index contributed by atoms with van der Waals surface area (Å²) < 4.78 is 11.1. The third-order valence-corrected chi connectivity index (χ3v) is 6.04. The summed E-state index contributed by atoms with van der Waals surface area (Å²) in [6, 6.07) is 15.2. The van der Waals surface area contributed by atoms with Gasteiger partial charge in [-0.05, 0) is 24.6 Å². The van der Waals surface area contributed by atoms with Crippen LogP contribution in [0.2, 0.25) is 0 Å². The molecule has 3 heterocycles. The zero-order valence-electron chi connectivity index (χ0n) is 18.3. The van der Waals surface area contributed by atoms with Gasteiger partial charge in [0.05, 0.1) is 29.9 Å². The van der Waals surface area contributed by atoms with Crippen LogP contribution in [0.25, 0.3) is 11.1 Å². The van der Waals surface area contributed by atoms with Gasteiger partial charge in [-0.25, -0.2) is 4.98 Å². The lowest BCUT2D eigenvalue weighted by molar-refractivity contribution is -0.134. The number of hydrogen-bond donors (Lipinski definition) is 1. The predicted octanol–water partition coefficient (Wildman–Crippen LogP) is 4.30. The molecule has 2 aromatic carbocycles. The van der Waals surface area contributed by atoms with E-state index in [-0.39, 0.29) is 6.42 Å². The lowest BCUT2D eigenvalue weighted by atomic mass is 9.92. The minimum absolute atomic E-state index is 0.0151. The van der Waals surface area contributed by atoms with E-state index in [0.29, 0.717) is 17.5 Å². The Morgan fingerprint density at radius 3 is 2.71 bits per heavy atom. The molecular formula is C26H20N4O3S. The smallest absolute Gasteiger partial charge is 0.315 e. The average molecular weight is 469 g/mol. The van der Waals surface area contributed by atoms with Crippen molar-refractivity contribution in [3.05, 3.63) is 88.3 Å². The summed E-state index contributed by atoms with van der Waals surface area (Å²) in [5.74, 6) is 6.00. The number of aliphatic imine (C=N–C) groups is 1. The standard InChI is InChI=1S/C26H20N4O3S/c1-16-23-19-6-2-3-7-20(19)24(18-10-8-17(9-11-18)5-4-12-27)29-21(25(23)33-30-16)15-22(31)32-26-28-13-14-34-26/h2-3,6-11,13-14,21H,12,15,27H2,1H3/t21-/m0/s1. The van der Waals surface area contributed by atoms with Crippen molar-refractivity contribution >= 4 is 23.0 Å². The first-order valence-electron chi connectivity index (χ1n) is 10.7. The zero-order valence-corrected chi connectivity index (χ0v) is 19.1. The molecule has 0 bridgehead atoms. The van der Waals surface area contributed by atoms with Gasteiger partial charge in [0.1, 0.15) is 6.04 Å². The predicted molar refractivity (Wildman–Crippen MR) is 130 cm³/mol. The summed E-state index contributed by atoms with van der Waals surface area (Å²) in [4.78, 5) is 21.8. The van der Waals surface area contributed by atoms with Crippen LogP contribution in [-0.4, -0.2) is 28.4 Å². The quantitative estimate of drug-likeness (QED) is 0.354. The highest BCUT2D eigenvalue weighted by molar-refractivity contribution is 7.11. The molecular weight excluding hydrogens is 448 g/mol. The summed E-state index contributed by atoms with van der Waals surface area (Å²) >= 11 is 1.26. The number of carbonyl (C=O) groups is 1. The van der Waals surface area contributed by atoms with Crippen LogP contribution in [0.3, 0.4) is 0 Å². The monoisotopic (exact) mass is 468 g/mol. The number of rotatable bonds is 4. The first-order chi connectivity index (χ1) is 16.6. The Bertz CT molecular complexity index is 1430.